The number of carbonyl (C=O) groups is 1. The number of nitrogen functional groups attached to an aromatic ring is 1. The van der Waals surface area contributed by atoms with E-state index in [1.165, 1.54) is 6.42 Å². The Hall–Kier alpha value is -1.50. The number of aromatic nitrogens is 2. The van der Waals surface area contributed by atoms with Crippen LogP contribution in [-0.4, -0.2) is 41.3 Å². The van der Waals surface area contributed by atoms with Gasteiger partial charge in [0.1, 0.15) is 11.6 Å². The lowest BCUT2D eigenvalue weighted by Gasteiger charge is -2.41. The van der Waals surface area contributed by atoms with Crippen molar-refractivity contribution < 1.29 is 4.79 Å². The quantitative estimate of drug-likeness (QED) is 0.475. The molecule has 0 radical (unpaired) electrons. The highest BCUT2D eigenvalue weighted by atomic mass is 32.2. The first-order chi connectivity index (χ1) is 12.1. The molecule has 2 aliphatic rings. The monoisotopic (exact) mass is 363 g/mol. The van der Waals surface area contributed by atoms with Gasteiger partial charge in [-0.05, 0) is 37.5 Å². The molecule has 1 amide bonds. The molecule has 6 nitrogen and oxygen atoms in total. The molecular formula is C18H29N5OS. The Morgan fingerprint density at radius 3 is 2.84 bits per heavy atom. The lowest BCUT2D eigenvalue weighted by Crippen LogP contribution is -2.41. The predicted molar refractivity (Wildman–Crippen MR) is 103 cm³/mol. The van der Waals surface area contributed by atoms with E-state index >= 15 is 0 Å². The number of anilines is 2. The number of unbranched alkanes of at least 4 members (excludes halogenated alkanes) is 1. The third-order valence-corrected chi connectivity index (χ3v) is 6.38. The molecule has 0 aliphatic carbocycles. The Balaban J connectivity index is 1.63. The molecule has 3 heterocycles. The molecule has 3 N–H and O–H groups in total. The van der Waals surface area contributed by atoms with E-state index in [0.717, 1.165) is 68.5 Å². The molecule has 7 heteroatoms. The minimum Gasteiger partial charge on any atom is -0.383 e. The molecule has 2 fully saturated rings. The van der Waals surface area contributed by atoms with Gasteiger partial charge < -0.3 is 16.0 Å². The van der Waals surface area contributed by atoms with Gasteiger partial charge in [0.15, 0.2) is 5.16 Å². The topological polar surface area (TPSA) is 84.1 Å². The van der Waals surface area contributed by atoms with Crippen LogP contribution in [0.5, 0.6) is 0 Å². The second kappa shape index (κ2) is 8.25. The summed E-state index contributed by atoms with van der Waals surface area (Å²) in [5.41, 5.74) is 6.32. The number of rotatable bonds is 5. The molecule has 0 atom stereocenters. The number of amides is 1. The Kier molecular flexibility index (Phi) is 6.04. The molecule has 25 heavy (non-hydrogen) atoms. The van der Waals surface area contributed by atoms with Gasteiger partial charge in [0.05, 0.1) is 0 Å². The zero-order valence-corrected chi connectivity index (χ0v) is 15.9. The first-order valence-electron chi connectivity index (χ1n) is 9.39. The highest BCUT2D eigenvalue weighted by Gasteiger charge is 2.36. The number of nitrogens with one attached hydrogen (secondary N) is 1. The van der Waals surface area contributed by atoms with Crippen LogP contribution in [0.15, 0.2) is 11.2 Å². The van der Waals surface area contributed by atoms with Crippen molar-refractivity contribution in [2.75, 3.05) is 36.0 Å². The van der Waals surface area contributed by atoms with E-state index in [0.29, 0.717) is 17.7 Å². The molecule has 0 aromatic carbocycles. The number of hydrogen-bond donors (Lipinski definition) is 2. The van der Waals surface area contributed by atoms with Crippen LogP contribution in [0.1, 0.15) is 51.9 Å². The van der Waals surface area contributed by atoms with E-state index < -0.39 is 0 Å². The molecule has 1 aromatic rings. The lowest BCUT2D eigenvalue weighted by atomic mass is 9.73. The van der Waals surface area contributed by atoms with Crippen molar-refractivity contribution in [3.63, 3.8) is 0 Å². The van der Waals surface area contributed by atoms with Crippen LogP contribution in [0.25, 0.3) is 0 Å². The zero-order chi connectivity index (χ0) is 17.7. The van der Waals surface area contributed by atoms with Gasteiger partial charge in [-0.15, -0.1) is 0 Å². The molecule has 0 bridgehead atoms. The number of carbonyl (C=O) groups excluding carboxylic acids is 1. The average molecular weight is 364 g/mol. The third kappa shape index (κ3) is 4.77. The van der Waals surface area contributed by atoms with Crippen LogP contribution in [0.2, 0.25) is 0 Å². The molecule has 3 rings (SSSR count). The normalized spacial score (nSPS) is 20.4. The Morgan fingerprint density at radius 2 is 2.08 bits per heavy atom. The van der Waals surface area contributed by atoms with E-state index in [1.807, 2.05) is 6.07 Å². The molecule has 138 valence electrons. The number of hydrogen-bond acceptors (Lipinski definition) is 6. The van der Waals surface area contributed by atoms with Gasteiger partial charge in [-0.25, -0.2) is 9.97 Å². The van der Waals surface area contributed by atoms with Crippen LogP contribution in [-0.2, 0) is 4.79 Å². The van der Waals surface area contributed by atoms with Crippen molar-refractivity contribution >= 4 is 29.3 Å². The minimum absolute atomic E-state index is 0.205. The number of nitrogens with zero attached hydrogens (tertiary/aromatic N) is 3. The summed E-state index contributed by atoms with van der Waals surface area (Å²) in [5, 5.41) is 3.79. The molecule has 0 saturated carbocycles. The van der Waals surface area contributed by atoms with Gasteiger partial charge in [-0.1, -0.05) is 25.1 Å². The maximum Gasteiger partial charge on any atom is 0.220 e. The van der Waals surface area contributed by atoms with Gasteiger partial charge in [0.25, 0.3) is 0 Å². The highest BCUT2D eigenvalue weighted by Crippen LogP contribution is 2.41. The maximum absolute atomic E-state index is 11.6. The van der Waals surface area contributed by atoms with Gasteiger partial charge >= 0.3 is 0 Å². The van der Waals surface area contributed by atoms with E-state index in [-0.39, 0.29) is 5.91 Å². The standard InChI is InChI=1S/C18H29N5OS/c1-2-3-12-25-17-21-14(19)13-15(22-17)23-10-7-18(8-11-23)5-4-16(24)20-9-6-18/h13H,2-12H2,1H3,(H,20,24)(H2,19,21,22). The summed E-state index contributed by atoms with van der Waals surface area (Å²) in [6.07, 6.45) is 7.34. The summed E-state index contributed by atoms with van der Waals surface area (Å²) in [4.78, 5) is 23.0. The van der Waals surface area contributed by atoms with Crippen LogP contribution in [0.3, 0.4) is 0 Å². The number of thioether (sulfide) groups is 1. The molecule has 2 saturated heterocycles. The smallest absolute Gasteiger partial charge is 0.220 e. The van der Waals surface area contributed by atoms with E-state index in [2.05, 4.69) is 22.1 Å². The summed E-state index contributed by atoms with van der Waals surface area (Å²) in [7, 11) is 0. The van der Waals surface area contributed by atoms with E-state index in [4.69, 9.17) is 10.7 Å². The van der Waals surface area contributed by atoms with Crippen molar-refractivity contribution in [3.05, 3.63) is 6.07 Å². The van der Waals surface area contributed by atoms with Crippen LogP contribution < -0.4 is 16.0 Å². The Morgan fingerprint density at radius 1 is 1.28 bits per heavy atom. The van der Waals surface area contributed by atoms with Gasteiger partial charge in [-0.2, -0.15) is 0 Å². The molecule has 2 aliphatic heterocycles. The summed E-state index contributed by atoms with van der Waals surface area (Å²) in [5.74, 6) is 2.73. The summed E-state index contributed by atoms with van der Waals surface area (Å²) in [6, 6.07) is 1.89. The van der Waals surface area contributed by atoms with Crippen molar-refractivity contribution in [2.45, 2.75) is 57.0 Å². The van der Waals surface area contributed by atoms with Crippen LogP contribution in [0.4, 0.5) is 11.6 Å². The predicted octanol–water partition coefficient (Wildman–Crippen LogP) is 2.84. The fraction of sp³-hybridized carbons (Fsp3) is 0.722. The first kappa shape index (κ1) is 18.3. The van der Waals surface area contributed by atoms with E-state index in [1.54, 1.807) is 11.8 Å². The fourth-order valence-corrected chi connectivity index (χ4v) is 4.68. The molecule has 1 aromatic heterocycles. The number of nitrogens with two attached hydrogens (primary N) is 1. The highest BCUT2D eigenvalue weighted by molar-refractivity contribution is 7.99. The van der Waals surface area contributed by atoms with Crippen LogP contribution in [0, 0.1) is 5.41 Å². The Bertz CT molecular complexity index is 601. The lowest BCUT2D eigenvalue weighted by molar-refractivity contribution is -0.120. The second-order valence-corrected chi connectivity index (χ2v) is 8.28. The maximum atomic E-state index is 11.6. The van der Waals surface area contributed by atoms with Crippen molar-refractivity contribution in [2.24, 2.45) is 5.41 Å². The molecule has 1 spiro atoms. The summed E-state index contributed by atoms with van der Waals surface area (Å²) in [6.45, 7) is 4.96. The zero-order valence-electron chi connectivity index (χ0n) is 15.1. The third-order valence-electron chi connectivity index (χ3n) is 5.45. The fourth-order valence-electron chi connectivity index (χ4n) is 3.73. The average Bonchev–Trinajstić information content (AvgIpc) is 2.77. The van der Waals surface area contributed by atoms with Crippen LogP contribution >= 0.6 is 11.8 Å². The second-order valence-electron chi connectivity index (χ2n) is 7.22. The summed E-state index contributed by atoms with van der Waals surface area (Å²) < 4.78 is 0. The van der Waals surface area contributed by atoms with Gasteiger partial charge in [0.2, 0.25) is 5.91 Å². The largest absolute Gasteiger partial charge is 0.383 e. The molecular weight excluding hydrogens is 334 g/mol. The first-order valence-corrected chi connectivity index (χ1v) is 10.4. The Labute approximate surface area is 154 Å². The van der Waals surface area contributed by atoms with Gasteiger partial charge in [0, 0.05) is 37.9 Å². The van der Waals surface area contributed by atoms with Crippen molar-refractivity contribution in [1.82, 2.24) is 15.3 Å². The van der Waals surface area contributed by atoms with Gasteiger partial charge in [-0.3, -0.25) is 4.79 Å². The number of piperidine rings is 1. The molecule has 0 unspecified atom stereocenters. The van der Waals surface area contributed by atoms with Crippen molar-refractivity contribution in [3.8, 4) is 0 Å². The SMILES string of the molecule is CCCCSc1nc(N)cc(N2CCC3(CCNC(=O)CC3)CC2)n1. The minimum atomic E-state index is 0.205. The van der Waals surface area contributed by atoms with E-state index in [9.17, 15) is 4.79 Å². The van der Waals surface area contributed by atoms with Crippen molar-refractivity contribution in [1.29, 1.82) is 0 Å². The summed E-state index contributed by atoms with van der Waals surface area (Å²) >= 11 is 1.69.